The fourth-order valence-electron chi connectivity index (χ4n) is 1.78. The molecule has 0 rings (SSSR count). The van der Waals surface area contributed by atoms with Crippen LogP contribution in [0.3, 0.4) is 0 Å². The number of hydrogen-bond acceptors (Lipinski definition) is 6. The quantitative estimate of drug-likeness (QED) is 0.354. The highest BCUT2D eigenvalue weighted by molar-refractivity contribution is 5.69. The van der Waals surface area contributed by atoms with Crippen LogP contribution >= 0.6 is 0 Å². The van der Waals surface area contributed by atoms with Crippen molar-refractivity contribution < 1.29 is 24.5 Å². The number of aliphatic hydroxyl groups excluding tert-OH is 2. The number of hydrogen-bond donors (Lipinski definition) is 3. The average molecular weight is 428 g/mol. The molecule has 0 aromatic heterocycles. The molecule has 0 aromatic carbocycles. The molecule has 0 saturated heterocycles. The van der Waals surface area contributed by atoms with E-state index in [1.165, 1.54) is 0 Å². The van der Waals surface area contributed by atoms with E-state index in [1.807, 2.05) is 55.4 Å². The van der Waals surface area contributed by atoms with Gasteiger partial charge in [0.1, 0.15) is 6.79 Å². The summed E-state index contributed by atoms with van der Waals surface area (Å²) in [5.74, 6) is -0.0764. The molecule has 1 unspecified atom stereocenters. The van der Waals surface area contributed by atoms with Gasteiger partial charge in [-0.15, -0.1) is 6.58 Å². The average Bonchev–Trinajstić information content (AvgIpc) is 2.76. The van der Waals surface area contributed by atoms with Crippen molar-refractivity contribution in [1.82, 2.24) is 5.32 Å². The molecule has 0 heterocycles. The van der Waals surface area contributed by atoms with Crippen LogP contribution < -0.4 is 5.32 Å². The van der Waals surface area contributed by atoms with Gasteiger partial charge in [-0.05, 0) is 47.1 Å². The van der Waals surface area contributed by atoms with E-state index in [2.05, 4.69) is 25.7 Å². The van der Waals surface area contributed by atoms with E-state index in [1.54, 1.807) is 6.08 Å². The van der Waals surface area contributed by atoms with Gasteiger partial charge in [0.05, 0.1) is 6.61 Å². The Morgan fingerprint density at radius 1 is 1.03 bits per heavy atom. The zero-order valence-electron chi connectivity index (χ0n) is 20.9. The fourth-order valence-corrected chi connectivity index (χ4v) is 1.78. The molecule has 3 N–H and O–H groups in total. The van der Waals surface area contributed by atoms with E-state index in [-0.39, 0.29) is 18.9 Å². The highest BCUT2D eigenvalue weighted by Crippen LogP contribution is 2.19. The molecule has 184 valence electrons. The van der Waals surface area contributed by atoms with Crippen molar-refractivity contribution in [2.24, 2.45) is 0 Å². The lowest BCUT2D eigenvalue weighted by Gasteiger charge is -2.28. The van der Waals surface area contributed by atoms with Gasteiger partial charge in [0, 0.05) is 26.2 Å². The molecule has 0 saturated carbocycles. The summed E-state index contributed by atoms with van der Waals surface area (Å²) in [7, 11) is 3.99. The lowest BCUT2D eigenvalue weighted by atomic mass is 9.90. The molecule has 29 heavy (non-hydrogen) atoms. The molecule has 0 aliphatic heterocycles. The van der Waals surface area contributed by atoms with E-state index in [9.17, 15) is 4.79 Å². The topological polar surface area (TPSA) is 95.9 Å². The maximum Gasteiger partial charge on any atom is 0.305 e. The van der Waals surface area contributed by atoms with Gasteiger partial charge < -0.3 is 25.1 Å². The van der Waals surface area contributed by atoms with E-state index < -0.39 is 0 Å². The SMILES string of the molecule is C.C=CC.C=O.CC.CC.CCCC(C)(CCCC(=O)OCC)NC.CO.CO. The molecule has 0 aliphatic rings. The first-order valence-corrected chi connectivity index (χ1v) is 10.1. The number of aliphatic hydroxyl groups is 2. The molecule has 0 aromatic rings. The zero-order valence-corrected chi connectivity index (χ0v) is 20.9. The summed E-state index contributed by atoms with van der Waals surface area (Å²) in [6, 6.07) is 0. The van der Waals surface area contributed by atoms with Gasteiger partial charge in [-0.3, -0.25) is 4.79 Å². The minimum atomic E-state index is -0.0764. The summed E-state index contributed by atoms with van der Waals surface area (Å²) in [6.45, 7) is 22.0. The smallest absolute Gasteiger partial charge is 0.305 e. The Morgan fingerprint density at radius 3 is 1.62 bits per heavy atom. The molecular formula is C23H57NO5. The third-order valence-corrected chi connectivity index (χ3v) is 2.82. The second kappa shape index (κ2) is 63.2. The Labute approximate surface area is 184 Å². The second-order valence-corrected chi connectivity index (χ2v) is 4.63. The number of esters is 1. The molecule has 0 aliphatic carbocycles. The van der Waals surface area contributed by atoms with Gasteiger partial charge >= 0.3 is 5.97 Å². The number of carbonyl (C=O) groups is 2. The van der Waals surface area contributed by atoms with Crippen LogP contribution in [0, 0.1) is 0 Å². The van der Waals surface area contributed by atoms with E-state index in [0.717, 1.165) is 39.9 Å². The van der Waals surface area contributed by atoms with Crippen molar-refractivity contribution in [3.63, 3.8) is 0 Å². The van der Waals surface area contributed by atoms with Crippen LogP contribution in [0.2, 0.25) is 0 Å². The molecule has 0 fully saturated rings. The molecule has 0 radical (unpaired) electrons. The van der Waals surface area contributed by atoms with Gasteiger partial charge in [0.2, 0.25) is 0 Å². The summed E-state index contributed by atoms with van der Waals surface area (Å²) < 4.78 is 4.89. The van der Waals surface area contributed by atoms with Crippen LogP contribution in [0.4, 0.5) is 0 Å². The number of ether oxygens (including phenoxy) is 1. The normalized spacial score (nSPS) is 9.00. The lowest BCUT2D eigenvalue weighted by molar-refractivity contribution is -0.143. The van der Waals surface area contributed by atoms with Crippen molar-refractivity contribution >= 4 is 12.8 Å². The third-order valence-electron chi connectivity index (χ3n) is 2.82. The summed E-state index contributed by atoms with van der Waals surface area (Å²) >= 11 is 0. The molecule has 6 nitrogen and oxygen atoms in total. The van der Waals surface area contributed by atoms with Crippen molar-refractivity contribution in [2.75, 3.05) is 27.9 Å². The largest absolute Gasteiger partial charge is 0.466 e. The number of carbonyl (C=O) groups excluding carboxylic acids is 2. The van der Waals surface area contributed by atoms with Crippen molar-refractivity contribution in [3.05, 3.63) is 12.7 Å². The monoisotopic (exact) mass is 427 g/mol. The van der Waals surface area contributed by atoms with Crippen LogP contribution in [0.5, 0.6) is 0 Å². The molecule has 0 bridgehead atoms. The summed E-state index contributed by atoms with van der Waals surface area (Å²) in [5, 5.41) is 17.3. The van der Waals surface area contributed by atoms with Gasteiger partial charge in [0.15, 0.2) is 0 Å². The van der Waals surface area contributed by atoms with Gasteiger partial charge in [-0.1, -0.05) is 54.5 Å². The Hall–Kier alpha value is -1.24. The maximum atomic E-state index is 11.1. The molecule has 0 amide bonds. The van der Waals surface area contributed by atoms with Crippen LogP contribution in [-0.4, -0.2) is 56.4 Å². The lowest BCUT2D eigenvalue weighted by Crippen LogP contribution is -2.39. The minimum Gasteiger partial charge on any atom is -0.466 e. The predicted octanol–water partition coefficient (Wildman–Crippen LogP) is 5.41. The molecule has 1 atom stereocenters. The van der Waals surface area contributed by atoms with Crippen LogP contribution in [0.15, 0.2) is 12.7 Å². The van der Waals surface area contributed by atoms with Crippen LogP contribution in [0.1, 0.15) is 94.9 Å². The molecule has 0 spiro atoms. The number of rotatable bonds is 8. The first kappa shape index (κ1) is 50.9. The summed E-state index contributed by atoms with van der Waals surface area (Å²) in [5.41, 5.74) is 0.168. The van der Waals surface area contributed by atoms with Gasteiger partial charge in [-0.2, -0.15) is 0 Å². The number of nitrogens with one attached hydrogen (secondary N) is 1. The summed E-state index contributed by atoms with van der Waals surface area (Å²) in [4.78, 5) is 19.1. The first-order chi connectivity index (χ1) is 13.5. The standard InChI is InChI=1S/C12H25NO2.C3H6.2C2H6.2CH4O.CH2O.CH4/c1-5-9-12(3,13-4)10-7-8-11(14)15-6-2;1-3-2;5*1-2;/h13H,5-10H2,1-4H3;3H,1H2,2H3;2*1-2H3;2*2H,1H3;1H2;1H4. The summed E-state index contributed by atoms with van der Waals surface area (Å²) in [6.07, 6.45) is 6.52. The Bertz CT molecular complexity index is 239. The van der Waals surface area contributed by atoms with Crippen LogP contribution in [0.25, 0.3) is 0 Å². The van der Waals surface area contributed by atoms with E-state index in [0.29, 0.717) is 13.0 Å². The second-order valence-electron chi connectivity index (χ2n) is 4.63. The highest BCUT2D eigenvalue weighted by atomic mass is 16.5. The van der Waals surface area contributed by atoms with Crippen molar-refractivity contribution in [1.29, 1.82) is 0 Å². The van der Waals surface area contributed by atoms with Crippen LogP contribution in [-0.2, 0) is 14.3 Å². The Balaban J connectivity index is -0.0000000442. The Kier molecular flexibility index (Phi) is 111. The van der Waals surface area contributed by atoms with Crippen molar-refractivity contribution in [2.45, 2.75) is 100 Å². The van der Waals surface area contributed by atoms with Gasteiger partial charge in [-0.25, -0.2) is 0 Å². The fraction of sp³-hybridized carbons (Fsp3) is 0.826. The van der Waals surface area contributed by atoms with Crippen molar-refractivity contribution in [3.8, 4) is 0 Å². The molecular weight excluding hydrogens is 370 g/mol. The van der Waals surface area contributed by atoms with Gasteiger partial charge in [0.25, 0.3) is 0 Å². The van der Waals surface area contributed by atoms with E-state index in [4.69, 9.17) is 19.7 Å². The zero-order chi connectivity index (χ0) is 24.4. The first-order valence-electron chi connectivity index (χ1n) is 10.1. The highest BCUT2D eigenvalue weighted by Gasteiger charge is 2.20. The minimum absolute atomic E-state index is 0. The Morgan fingerprint density at radius 2 is 1.38 bits per heavy atom. The number of allylic oxidation sites excluding steroid dienone is 1. The molecule has 6 heteroatoms. The maximum absolute atomic E-state index is 11.1. The van der Waals surface area contributed by atoms with E-state index >= 15 is 0 Å². The third kappa shape index (κ3) is 66.1. The predicted molar refractivity (Wildman–Crippen MR) is 132 cm³/mol.